The average Bonchev–Trinajstić information content (AvgIpc) is 3.12. The summed E-state index contributed by atoms with van der Waals surface area (Å²) in [5.41, 5.74) is 2.31. The van der Waals surface area contributed by atoms with Crippen molar-refractivity contribution >= 4 is 46.0 Å². The third kappa shape index (κ3) is 3.82. The van der Waals surface area contributed by atoms with Gasteiger partial charge in [0.1, 0.15) is 0 Å². The van der Waals surface area contributed by atoms with Crippen molar-refractivity contribution in [1.29, 1.82) is 0 Å². The van der Waals surface area contributed by atoms with Crippen LogP contribution in [0.1, 0.15) is 16.8 Å². The Hall–Kier alpha value is -3.30. The largest absolute Gasteiger partial charge is 0.385 e. The summed E-state index contributed by atoms with van der Waals surface area (Å²) >= 11 is 5.32. The van der Waals surface area contributed by atoms with E-state index in [9.17, 15) is 9.59 Å². The zero-order valence-corrected chi connectivity index (χ0v) is 16.5. The fourth-order valence-electron chi connectivity index (χ4n) is 3.16. The van der Waals surface area contributed by atoms with Gasteiger partial charge in [-0.1, -0.05) is 12.1 Å². The Kier molecular flexibility index (Phi) is 5.24. The first kappa shape index (κ1) is 19.0. The molecule has 2 aromatic heterocycles. The molecule has 4 rings (SSSR count). The van der Waals surface area contributed by atoms with Gasteiger partial charge in [0, 0.05) is 25.8 Å². The normalized spacial score (nSPS) is 11.2. The molecule has 8 nitrogen and oxygen atoms in total. The van der Waals surface area contributed by atoms with Crippen molar-refractivity contribution in [1.82, 2.24) is 19.5 Å². The van der Waals surface area contributed by atoms with Crippen molar-refractivity contribution < 1.29 is 9.53 Å². The van der Waals surface area contributed by atoms with Crippen molar-refractivity contribution in [3.05, 3.63) is 63.2 Å². The molecule has 0 fully saturated rings. The van der Waals surface area contributed by atoms with Crippen molar-refractivity contribution in [2.75, 3.05) is 19.0 Å². The van der Waals surface area contributed by atoms with Crippen LogP contribution in [0.15, 0.2) is 47.3 Å². The van der Waals surface area contributed by atoms with Gasteiger partial charge in [-0.05, 0) is 49.0 Å². The topological polar surface area (TPSA) is 105 Å². The van der Waals surface area contributed by atoms with Gasteiger partial charge in [0.25, 0.3) is 11.5 Å². The number of imidazole rings is 1. The third-order valence-electron chi connectivity index (χ3n) is 4.60. The molecule has 0 saturated heterocycles. The SMILES string of the molecule is COCCCn1c(=S)[nH]c2cc(C(=O)Nc3nc4ccccc4[nH]3)ccc2c1=O. The molecule has 0 radical (unpaired) electrons. The fourth-order valence-corrected chi connectivity index (χ4v) is 3.44. The van der Waals surface area contributed by atoms with Crippen LogP contribution < -0.4 is 10.9 Å². The number of para-hydroxylation sites is 2. The number of hydrogen-bond acceptors (Lipinski definition) is 5. The van der Waals surface area contributed by atoms with E-state index in [0.717, 1.165) is 11.0 Å². The molecule has 148 valence electrons. The van der Waals surface area contributed by atoms with E-state index in [1.54, 1.807) is 25.3 Å². The van der Waals surface area contributed by atoms with Gasteiger partial charge in [-0.25, -0.2) is 4.98 Å². The first-order chi connectivity index (χ1) is 14.1. The molecule has 9 heteroatoms. The van der Waals surface area contributed by atoms with Crippen molar-refractivity contribution in [3.63, 3.8) is 0 Å². The molecule has 0 atom stereocenters. The highest BCUT2D eigenvalue weighted by Gasteiger charge is 2.12. The molecule has 0 spiro atoms. The number of nitrogens with one attached hydrogen (secondary N) is 3. The van der Waals surface area contributed by atoms with E-state index in [1.165, 1.54) is 4.57 Å². The van der Waals surface area contributed by atoms with E-state index >= 15 is 0 Å². The molecule has 0 aliphatic carbocycles. The maximum absolute atomic E-state index is 12.7. The number of aromatic nitrogens is 4. The van der Waals surface area contributed by atoms with Crippen molar-refractivity contribution in [2.45, 2.75) is 13.0 Å². The Balaban J connectivity index is 1.62. The summed E-state index contributed by atoms with van der Waals surface area (Å²) in [4.78, 5) is 35.8. The van der Waals surface area contributed by atoms with E-state index in [4.69, 9.17) is 17.0 Å². The molecule has 0 saturated carbocycles. The summed E-state index contributed by atoms with van der Waals surface area (Å²) in [5.74, 6) is 0.0207. The second-order valence-corrected chi connectivity index (χ2v) is 6.94. The second-order valence-electron chi connectivity index (χ2n) is 6.55. The van der Waals surface area contributed by atoms with Crippen molar-refractivity contribution in [3.8, 4) is 0 Å². The zero-order valence-electron chi connectivity index (χ0n) is 15.7. The highest BCUT2D eigenvalue weighted by molar-refractivity contribution is 7.71. The predicted octanol–water partition coefficient (Wildman–Crippen LogP) is 3.22. The van der Waals surface area contributed by atoms with Crippen LogP contribution in [-0.4, -0.2) is 39.1 Å². The van der Waals surface area contributed by atoms with Crippen LogP contribution in [0.4, 0.5) is 5.95 Å². The molecule has 4 aromatic rings. The third-order valence-corrected chi connectivity index (χ3v) is 4.92. The molecule has 0 aliphatic rings. The number of fused-ring (bicyclic) bond motifs is 2. The summed E-state index contributed by atoms with van der Waals surface area (Å²) in [5, 5.41) is 3.21. The minimum absolute atomic E-state index is 0.191. The lowest BCUT2D eigenvalue weighted by Gasteiger charge is -2.09. The first-order valence-corrected chi connectivity index (χ1v) is 9.49. The average molecular weight is 409 g/mol. The van der Waals surface area contributed by atoms with Gasteiger partial charge in [-0.2, -0.15) is 0 Å². The Morgan fingerprint density at radius 3 is 2.83 bits per heavy atom. The standard InChI is InChI=1S/C20H19N5O3S/c1-28-10-4-9-25-18(27)13-8-7-12(11-16(13)23-20(25)29)17(26)24-19-21-14-5-2-3-6-15(14)22-19/h2-3,5-8,11H,4,9-10H2,1H3,(H,23,29)(H2,21,22,24,26). The predicted molar refractivity (Wildman–Crippen MR) is 114 cm³/mol. The van der Waals surface area contributed by atoms with Gasteiger partial charge in [0.2, 0.25) is 5.95 Å². The van der Waals surface area contributed by atoms with E-state index in [2.05, 4.69) is 20.3 Å². The lowest BCUT2D eigenvalue weighted by atomic mass is 10.1. The van der Waals surface area contributed by atoms with Gasteiger partial charge in [-0.3, -0.25) is 19.5 Å². The Morgan fingerprint density at radius 1 is 1.21 bits per heavy atom. The lowest BCUT2D eigenvalue weighted by Crippen LogP contribution is -2.23. The van der Waals surface area contributed by atoms with Crippen LogP contribution in [0.5, 0.6) is 0 Å². The summed E-state index contributed by atoms with van der Waals surface area (Å²) in [6.07, 6.45) is 0.678. The number of hydrogen-bond donors (Lipinski definition) is 3. The van der Waals surface area contributed by atoms with Gasteiger partial charge in [0.05, 0.1) is 21.9 Å². The number of benzene rings is 2. The molecular weight excluding hydrogens is 390 g/mol. The summed E-state index contributed by atoms with van der Waals surface area (Å²) in [7, 11) is 1.61. The number of amides is 1. The number of methoxy groups -OCH3 is 1. The number of anilines is 1. The number of carbonyl (C=O) groups is 1. The smallest absolute Gasteiger partial charge is 0.262 e. The number of carbonyl (C=O) groups excluding carboxylic acids is 1. The van der Waals surface area contributed by atoms with E-state index in [-0.39, 0.29) is 11.5 Å². The molecule has 0 aliphatic heterocycles. The van der Waals surface area contributed by atoms with Crippen LogP contribution in [0.2, 0.25) is 0 Å². The number of rotatable bonds is 6. The molecule has 2 aromatic carbocycles. The Morgan fingerprint density at radius 2 is 2.03 bits per heavy atom. The first-order valence-electron chi connectivity index (χ1n) is 9.09. The number of nitrogens with zero attached hydrogens (tertiary/aromatic N) is 2. The number of ether oxygens (including phenoxy) is 1. The Bertz CT molecular complexity index is 1290. The van der Waals surface area contributed by atoms with Crippen LogP contribution in [0.3, 0.4) is 0 Å². The number of aromatic amines is 2. The quantitative estimate of drug-likeness (QED) is 0.335. The van der Waals surface area contributed by atoms with Gasteiger partial charge >= 0.3 is 0 Å². The summed E-state index contributed by atoms with van der Waals surface area (Å²) < 4.78 is 6.85. The van der Waals surface area contributed by atoms with Crippen LogP contribution in [0, 0.1) is 4.77 Å². The summed E-state index contributed by atoms with van der Waals surface area (Å²) in [6, 6.07) is 12.4. The number of H-pyrrole nitrogens is 2. The maximum Gasteiger partial charge on any atom is 0.262 e. The van der Waals surface area contributed by atoms with Crippen LogP contribution in [-0.2, 0) is 11.3 Å². The van der Waals surface area contributed by atoms with Gasteiger partial charge in [-0.15, -0.1) is 0 Å². The minimum Gasteiger partial charge on any atom is -0.385 e. The molecule has 3 N–H and O–H groups in total. The van der Waals surface area contributed by atoms with Crippen LogP contribution in [0.25, 0.3) is 21.9 Å². The Labute approximate surface area is 170 Å². The van der Waals surface area contributed by atoms with Crippen LogP contribution >= 0.6 is 12.2 Å². The maximum atomic E-state index is 12.7. The summed E-state index contributed by atoms with van der Waals surface area (Å²) in [6.45, 7) is 1.01. The molecular formula is C20H19N5O3S. The van der Waals surface area contributed by atoms with E-state index < -0.39 is 0 Å². The van der Waals surface area contributed by atoms with Gasteiger partial charge < -0.3 is 14.7 Å². The molecule has 0 bridgehead atoms. The highest BCUT2D eigenvalue weighted by Crippen LogP contribution is 2.16. The second kappa shape index (κ2) is 7.98. The van der Waals surface area contributed by atoms with E-state index in [1.807, 2.05) is 24.3 Å². The zero-order chi connectivity index (χ0) is 20.4. The molecule has 0 unspecified atom stereocenters. The minimum atomic E-state index is -0.338. The molecule has 1 amide bonds. The fraction of sp³-hybridized carbons (Fsp3) is 0.200. The van der Waals surface area contributed by atoms with E-state index in [0.29, 0.717) is 46.8 Å². The lowest BCUT2D eigenvalue weighted by molar-refractivity contribution is 0.102. The molecule has 2 heterocycles. The van der Waals surface area contributed by atoms with Crippen molar-refractivity contribution in [2.24, 2.45) is 0 Å². The monoisotopic (exact) mass is 409 g/mol. The molecule has 29 heavy (non-hydrogen) atoms. The highest BCUT2D eigenvalue weighted by atomic mass is 32.1. The van der Waals surface area contributed by atoms with Gasteiger partial charge in [0.15, 0.2) is 4.77 Å².